The van der Waals surface area contributed by atoms with E-state index in [0.29, 0.717) is 15.6 Å². The molecule has 2 rings (SSSR count). The fraction of sp³-hybridized carbons (Fsp3) is 0.143. The molecule has 19 heavy (non-hydrogen) atoms. The van der Waals surface area contributed by atoms with E-state index in [0.717, 1.165) is 0 Å². The van der Waals surface area contributed by atoms with E-state index in [-0.39, 0.29) is 11.4 Å². The Bertz CT molecular complexity index is 604. The maximum absolute atomic E-state index is 13.9. The van der Waals surface area contributed by atoms with Crippen molar-refractivity contribution in [3.8, 4) is 0 Å². The Balaban J connectivity index is 2.28. The van der Waals surface area contributed by atoms with Crippen molar-refractivity contribution < 1.29 is 8.78 Å². The van der Waals surface area contributed by atoms with E-state index in [1.54, 1.807) is 30.3 Å². The monoisotopic (exact) mass is 345 g/mol. The number of benzene rings is 2. The highest BCUT2D eigenvalue weighted by Gasteiger charge is 2.16. The number of nitrogens with two attached hydrogens (primary N) is 1. The SMILES string of the molecule is NC(Cc1cccc(Cl)c1F)c1cccc(Br)c1F. The molecule has 100 valence electrons. The van der Waals surface area contributed by atoms with Crippen molar-refractivity contribution in [2.24, 2.45) is 5.73 Å². The minimum atomic E-state index is -0.634. The van der Waals surface area contributed by atoms with Gasteiger partial charge in [-0.25, -0.2) is 8.78 Å². The van der Waals surface area contributed by atoms with E-state index >= 15 is 0 Å². The van der Waals surface area contributed by atoms with Gasteiger partial charge in [0.2, 0.25) is 0 Å². The molecule has 0 heterocycles. The van der Waals surface area contributed by atoms with Crippen molar-refractivity contribution in [2.45, 2.75) is 12.5 Å². The van der Waals surface area contributed by atoms with Gasteiger partial charge in [0.05, 0.1) is 9.50 Å². The minimum Gasteiger partial charge on any atom is -0.324 e. The quantitative estimate of drug-likeness (QED) is 0.862. The maximum atomic E-state index is 13.9. The van der Waals surface area contributed by atoms with Crippen LogP contribution in [0.5, 0.6) is 0 Å². The van der Waals surface area contributed by atoms with Crippen LogP contribution in [0.1, 0.15) is 17.2 Å². The highest BCUT2D eigenvalue weighted by Crippen LogP contribution is 2.26. The van der Waals surface area contributed by atoms with Crippen molar-refractivity contribution in [1.82, 2.24) is 0 Å². The van der Waals surface area contributed by atoms with Gasteiger partial charge < -0.3 is 5.73 Å². The van der Waals surface area contributed by atoms with Gasteiger partial charge in [-0.05, 0) is 40.0 Å². The smallest absolute Gasteiger partial charge is 0.145 e. The highest BCUT2D eigenvalue weighted by atomic mass is 79.9. The molecule has 0 bridgehead atoms. The molecular formula is C14H11BrClF2N. The highest BCUT2D eigenvalue weighted by molar-refractivity contribution is 9.10. The maximum Gasteiger partial charge on any atom is 0.145 e. The summed E-state index contributed by atoms with van der Waals surface area (Å²) < 4.78 is 28.0. The van der Waals surface area contributed by atoms with Crippen LogP contribution in [0.4, 0.5) is 8.78 Å². The Labute approximate surface area is 123 Å². The molecule has 5 heteroatoms. The summed E-state index contributed by atoms with van der Waals surface area (Å²) in [5.41, 5.74) is 6.66. The molecular weight excluding hydrogens is 336 g/mol. The zero-order chi connectivity index (χ0) is 14.0. The third-order valence-corrected chi connectivity index (χ3v) is 3.76. The minimum absolute atomic E-state index is 0.0411. The fourth-order valence-electron chi connectivity index (χ4n) is 1.86. The van der Waals surface area contributed by atoms with E-state index in [1.165, 1.54) is 6.07 Å². The van der Waals surface area contributed by atoms with E-state index in [1.807, 2.05) is 0 Å². The number of halogens is 4. The van der Waals surface area contributed by atoms with Crippen LogP contribution in [0.25, 0.3) is 0 Å². The summed E-state index contributed by atoms with van der Waals surface area (Å²) in [4.78, 5) is 0. The molecule has 1 atom stereocenters. The number of hydrogen-bond acceptors (Lipinski definition) is 1. The van der Waals surface area contributed by atoms with Gasteiger partial charge in [-0.3, -0.25) is 0 Å². The lowest BCUT2D eigenvalue weighted by atomic mass is 9.99. The number of hydrogen-bond donors (Lipinski definition) is 1. The second-order valence-corrected chi connectivity index (χ2v) is 5.43. The first-order chi connectivity index (χ1) is 9.00. The molecule has 1 nitrogen and oxygen atoms in total. The summed E-state index contributed by atoms with van der Waals surface area (Å²) in [6.07, 6.45) is 0.180. The van der Waals surface area contributed by atoms with Gasteiger partial charge >= 0.3 is 0 Å². The molecule has 0 aromatic heterocycles. The van der Waals surface area contributed by atoms with Crippen LogP contribution in [0.2, 0.25) is 5.02 Å². The summed E-state index contributed by atoms with van der Waals surface area (Å²) in [5.74, 6) is -0.924. The van der Waals surface area contributed by atoms with Crippen molar-refractivity contribution in [3.63, 3.8) is 0 Å². The topological polar surface area (TPSA) is 26.0 Å². The van der Waals surface area contributed by atoms with Gasteiger partial charge in [-0.15, -0.1) is 0 Å². The Kier molecular flexibility index (Phi) is 4.55. The molecule has 2 aromatic carbocycles. The van der Waals surface area contributed by atoms with Gasteiger partial charge in [0.25, 0.3) is 0 Å². The summed E-state index contributed by atoms with van der Waals surface area (Å²) >= 11 is 8.80. The zero-order valence-electron chi connectivity index (χ0n) is 9.84. The lowest BCUT2D eigenvalue weighted by molar-refractivity contribution is 0.560. The van der Waals surface area contributed by atoms with Crippen molar-refractivity contribution in [2.75, 3.05) is 0 Å². The van der Waals surface area contributed by atoms with Crippen LogP contribution in [0.15, 0.2) is 40.9 Å². The first-order valence-electron chi connectivity index (χ1n) is 5.63. The van der Waals surface area contributed by atoms with Gasteiger partial charge in [0.15, 0.2) is 0 Å². The Morgan fingerprint density at radius 1 is 1.11 bits per heavy atom. The molecule has 0 fully saturated rings. The second kappa shape index (κ2) is 5.99. The average molecular weight is 347 g/mol. The lowest BCUT2D eigenvalue weighted by Gasteiger charge is -2.14. The summed E-state index contributed by atoms with van der Waals surface area (Å²) in [6.45, 7) is 0. The first-order valence-corrected chi connectivity index (χ1v) is 6.80. The van der Waals surface area contributed by atoms with Crippen LogP contribution in [-0.2, 0) is 6.42 Å². The van der Waals surface area contributed by atoms with E-state index in [2.05, 4.69) is 15.9 Å². The summed E-state index contributed by atoms with van der Waals surface area (Å²) in [6, 6.07) is 8.94. The van der Waals surface area contributed by atoms with Crippen LogP contribution in [0, 0.1) is 11.6 Å². The normalized spacial score (nSPS) is 12.5. The third kappa shape index (κ3) is 3.14. The molecule has 0 aliphatic heterocycles. The lowest BCUT2D eigenvalue weighted by Crippen LogP contribution is -2.16. The van der Waals surface area contributed by atoms with Gasteiger partial charge in [0, 0.05) is 11.6 Å². The predicted molar refractivity (Wildman–Crippen MR) is 76.1 cm³/mol. The van der Waals surface area contributed by atoms with Crippen LogP contribution in [0.3, 0.4) is 0 Å². The third-order valence-electron chi connectivity index (χ3n) is 2.85. The Morgan fingerprint density at radius 2 is 1.79 bits per heavy atom. The van der Waals surface area contributed by atoms with Crippen LogP contribution in [-0.4, -0.2) is 0 Å². The second-order valence-electron chi connectivity index (χ2n) is 4.17. The summed E-state index contributed by atoms with van der Waals surface area (Å²) in [5, 5.41) is 0.0411. The first kappa shape index (κ1) is 14.4. The van der Waals surface area contributed by atoms with Gasteiger partial charge in [0.1, 0.15) is 11.6 Å². The molecule has 0 amide bonds. The molecule has 0 saturated carbocycles. The molecule has 0 aliphatic rings. The van der Waals surface area contributed by atoms with Gasteiger partial charge in [-0.2, -0.15) is 0 Å². The molecule has 0 aliphatic carbocycles. The van der Waals surface area contributed by atoms with Crippen molar-refractivity contribution >= 4 is 27.5 Å². The summed E-state index contributed by atoms with van der Waals surface area (Å²) in [7, 11) is 0. The molecule has 0 spiro atoms. The fourth-order valence-corrected chi connectivity index (χ4v) is 2.44. The Hall–Kier alpha value is -0.970. The van der Waals surface area contributed by atoms with Crippen molar-refractivity contribution in [1.29, 1.82) is 0 Å². The zero-order valence-corrected chi connectivity index (χ0v) is 12.2. The van der Waals surface area contributed by atoms with E-state index in [4.69, 9.17) is 17.3 Å². The number of rotatable bonds is 3. The molecule has 0 saturated heterocycles. The Morgan fingerprint density at radius 3 is 2.53 bits per heavy atom. The van der Waals surface area contributed by atoms with Crippen molar-refractivity contribution in [3.05, 3.63) is 68.7 Å². The molecule has 1 unspecified atom stereocenters. The predicted octanol–water partition coefficient (Wildman–Crippen LogP) is 4.62. The largest absolute Gasteiger partial charge is 0.324 e. The molecule has 0 radical (unpaired) electrons. The van der Waals surface area contributed by atoms with E-state index < -0.39 is 17.7 Å². The van der Waals surface area contributed by atoms with Crippen LogP contribution < -0.4 is 5.73 Å². The molecule has 2 aromatic rings. The standard InChI is InChI=1S/C14H11BrClF2N/c15-10-5-2-4-9(14(10)18)12(19)7-8-3-1-6-11(16)13(8)17/h1-6,12H,7,19H2. The van der Waals surface area contributed by atoms with Gasteiger partial charge in [-0.1, -0.05) is 35.9 Å². The van der Waals surface area contributed by atoms with E-state index in [9.17, 15) is 8.78 Å². The van der Waals surface area contributed by atoms with Crippen LogP contribution >= 0.6 is 27.5 Å². The molecule has 2 N–H and O–H groups in total. The average Bonchev–Trinajstić information content (AvgIpc) is 2.38.